The molecule has 0 bridgehead atoms. The van der Waals surface area contributed by atoms with Crippen molar-refractivity contribution in [2.45, 2.75) is 46.4 Å². The van der Waals surface area contributed by atoms with Gasteiger partial charge < -0.3 is 20.1 Å². The first-order valence-electron chi connectivity index (χ1n) is 10.5. The normalized spacial score (nSPS) is 17.9. The van der Waals surface area contributed by atoms with E-state index in [1.807, 2.05) is 23.1 Å². The molecule has 0 spiro atoms. The van der Waals surface area contributed by atoms with Crippen molar-refractivity contribution in [1.82, 2.24) is 20.4 Å². The van der Waals surface area contributed by atoms with Gasteiger partial charge in [-0.2, -0.15) is 5.10 Å². The van der Waals surface area contributed by atoms with Gasteiger partial charge in [-0.1, -0.05) is 19.1 Å². The molecule has 3 rings (SSSR count). The van der Waals surface area contributed by atoms with Gasteiger partial charge in [0.25, 0.3) is 0 Å². The Morgan fingerprint density at radius 1 is 1.41 bits per heavy atom. The molecule has 0 aliphatic carbocycles. The zero-order chi connectivity index (χ0) is 20.5. The highest BCUT2D eigenvalue weighted by Crippen LogP contribution is 2.24. The molecule has 1 aromatic carbocycles. The van der Waals surface area contributed by atoms with Gasteiger partial charge in [-0.15, -0.1) is 0 Å². The maximum Gasteiger partial charge on any atom is 0.191 e. The van der Waals surface area contributed by atoms with Crippen molar-refractivity contribution in [2.75, 3.05) is 26.3 Å². The lowest BCUT2D eigenvalue weighted by atomic mass is 10.1. The minimum atomic E-state index is 0.133. The molecular formula is C22H33N5O2. The van der Waals surface area contributed by atoms with Crippen molar-refractivity contribution in [3.63, 3.8) is 0 Å². The summed E-state index contributed by atoms with van der Waals surface area (Å²) in [6, 6.07) is 8.25. The largest absolute Gasteiger partial charge is 0.488 e. The van der Waals surface area contributed by atoms with Gasteiger partial charge in [0.1, 0.15) is 11.9 Å². The summed E-state index contributed by atoms with van der Waals surface area (Å²) in [5.41, 5.74) is 2.27. The summed E-state index contributed by atoms with van der Waals surface area (Å²) in [5, 5.41) is 11.0. The lowest BCUT2D eigenvalue weighted by Gasteiger charge is -2.17. The predicted molar refractivity (Wildman–Crippen MR) is 115 cm³/mol. The molecule has 0 saturated carbocycles. The Hall–Kier alpha value is -2.54. The van der Waals surface area contributed by atoms with Crippen LogP contribution in [-0.2, 0) is 17.8 Å². The van der Waals surface area contributed by atoms with Crippen LogP contribution >= 0.6 is 0 Å². The number of nitrogens with one attached hydrogen (secondary N) is 2. The second kappa shape index (κ2) is 10.9. The van der Waals surface area contributed by atoms with Crippen molar-refractivity contribution in [3.8, 4) is 5.75 Å². The molecule has 1 aromatic heterocycles. The Balaban J connectivity index is 1.60. The number of rotatable bonds is 9. The third kappa shape index (κ3) is 6.78. The molecule has 1 aliphatic heterocycles. The molecule has 7 nitrogen and oxygen atoms in total. The molecule has 1 fully saturated rings. The molecule has 158 valence electrons. The maximum absolute atomic E-state index is 6.19. The number of nitrogens with zero attached hydrogens (tertiary/aromatic N) is 3. The summed E-state index contributed by atoms with van der Waals surface area (Å²) >= 11 is 0. The van der Waals surface area contributed by atoms with Crippen LogP contribution in [0.3, 0.4) is 0 Å². The summed E-state index contributed by atoms with van der Waals surface area (Å²) in [5.74, 6) is 2.15. The Bertz CT molecular complexity index is 770. The van der Waals surface area contributed by atoms with Crippen LogP contribution in [0.5, 0.6) is 5.75 Å². The van der Waals surface area contributed by atoms with Gasteiger partial charge in [-0.05, 0) is 37.5 Å². The molecule has 2 N–H and O–H groups in total. The van der Waals surface area contributed by atoms with Crippen molar-refractivity contribution >= 4 is 5.96 Å². The first-order chi connectivity index (χ1) is 14.1. The van der Waals surface area contributed by atoms with E-state index in [2.05, 4.69) is 54.7 Å². The third-order valence-corrected chi connectivity index (χ3v) is 4.83. The Labute approximate surface area is 173 Å². The van der Waals surface area contributed by atoms with E-state index in [1.165, 1.54) is 5.56 Å². The number of guanidine groups is 1. The average Bonchev–Trinajstić information content (AvgIpc) is 3.39. The topological polar surface area (TPSA) is 72.7 Å². The smallest absolute Gasteiger partial charge is 0.191 e. The van der Waals surface area contributed by atoms with Crippen molar-refractivity contribution < 1.29 is 9.47 Å². The first kappa shape index (κ1) is 21.2. The van der Waals surface area contributed by atoms with E-state index < -0.39 is 0 Å². The van der Waals surface area contributed by atoms with Crippen LogP contribution in [0.25, 0.3) is 0 Å². The number of hydrogen-bond donors (Lipinski definition) is 2. The first-order valence-corrected chi connectivity index (χ1v) is 10.5. The van der Waals surface area contributed by atoms with Gasteiger partial charge in [0.15, 0.2) is 5.96 Å². The van der Waals surface area contributed by atoms with E-state index in [4.69, 9.17) is 14.5 Å². The van der Waals surface area contributed by atoms with E-state index >= 15 is 0 Å². The highest BCUT2D eigenvalue weighted by atomic mass is 16.5. The zero-order valence-electron chi connectivity index (χ0n) is 17.7. The van der Waals surface area contributed by atoms with E-state index in [1.54, 1.807) is 0 Å². The quantitative estimate of drug-likeness (QED) is 0.501. The number of ether oxygens (including phenoxy) is 2. The molecule has 2 heterocycles. The minimum absolute atomic E-state index is 0.133. The zero-order valence-corrected chi connectivity index (χ0v) is 17.7. The summed E-state index contributed by atoms with van der Waals surface area (Å²) in [7, 11) is 0. The van der Waals surface area contributed by atoms with Crippen LogP contribution in [-0.4, -0.2) is 48.1 Å². The standard InChI is InChI=1S/C22H33N5O2/c1-4-23-22(24-13-18(3)15-27-10-5-9-26-27)25-14-19-7-6-17(2)12-21(19)29-20-8-11-28-16-20/h5-7,9-10,12,18,20H,4,8,11,13-16H2,1-3H3,(H2,23,24,25). The molecule has 0 radical (unpaired) electrons. The molecule has 29 heavy (non-hydrogen) atoms. The van der Waals surface area contributed by atoms with Crippen LogP contribution in [0.2, 0.25) is 0 Å². The van der Waals surface area contributed by atoms with E-state index in [-0.39, 0.29) is 6.10 Å². The van der Waals surface area contributed by atoms with Gasteiger partial charge in [0.2, 0.25) is 0 Å². The van der Waals surface area contributed by atoms with Gasteiger partial charge in [-0.3, -0.25) is 4.68 Å². The fourth-order valence-corrected chi connectivity index (χ4v) is 3.26. The second-order valence-corrected chi connectivity index (χ2v) is 7.62. The summed E-state index contributed by atoms with van der Waals surface area (Å²) < 4.78 is 13.6. The fourth-order valence-electron chi connectivity index (χ4n) is 3.26. The van der Waals surface area contributed by atoms with Crippen molar-refractivity contribution in [3.05, 3.63) is 47.8 Å². The highest BCUT2D eigenvalue weighted by molar-refractivity contribution is 5.79. The molecule has 2 unspecified atom stereocenters. The Kier molecular flexibility index (Phi) is 7.93. The monoisotopic (exact) mass is 399 g/mol. The van der Waals surface area contributed by atoms with E-state index in [9.17, 15) is 0 Å². The van der Waals surface area contributed by atoms with Gasteiger partial charge in [-0.25, -0.2) is 4.99 Å². The van der Waals surface area contributed by atoms with Crippen LogP contribution in [0, 0.1) is 12.8 Å². The molecule has 7 heteroatoms. The maximum atomic E-state index is 6.19. The van der Waals surface area contributed by atoms with E-state index in [0.29, 0.717) is 19.1 Å². The molecule has 0 amide bonds. The summed E-state index contributed by atoms with van der Waals surface area (Å²) in [4.78, 5) is 4.78. The molecule has 1 aliphatic rings. The lowest BCUT2D eigenvalue weighted by Crippen LogP contribution is -2.40. The van der Waals surface area contributed by atoms with Gasteiger partial charge in [0, 0.05) is 44.0 Å². The van der Waals surface area contributed by atoms with Gasteiger partial charge >= 0.3 is 0 Å². The van der Waals surface area contributed by atoms with Gasteiger partial charge in [0.05, 0.1) is 19.8 Å². The van der Waals surface area contributed by atoms with E-state index in [0.717, 1.165) is 49.9 Å². The fraction of sp³-hybridized carbons (Fsp3) is 0.545. The molecule has 1 saturated heterocycles. The Morgan fingerprint density at radius 3 is 3.03 bits per heavy atom. The van der Waals surface area contributed by atoms with Crippen LogP contribution in [0.1, 0.15) is 31.4 Å². The molecule has 2 aromatic rings. The number of aromatic nitrogens is 2. The summed E-state index contributed by atoms with van der Waals surface area (Å²) in [6.07, 6.45) is 4.87. The summed E-state index contributed by atoms with van der Waals surface area (Å²) in [6.45, 7) is 10.9. The highest BCUT2D eigenvalue weighted by Gasteiger charge is 2.18. The number of benzene rings is 1. The Morgan fingerprint density at radius 2 is 2.31 bits per heavy atom. The predicted octanol–water partition coefficient (Wildman–Crippen LogP) is 2.75. The lowest BCUT2D eigenvalue weighted by molar-refractivity contribution is 0.140. The number of aliphatic imine (C=N–C) groups is 1. The average molecular weight is 400 g/mol. The number of aryl methyl sites for hydroxylation is 1. The SMILES string of the molecule is CCNC(=NCc1ccc(C)cc1OC1CCOC1)NCC(C)Cn1cccn1. The van der Waals surface area contributed by atoms with Crippen molar-refractivity contribution in [1.29, 1.82) is 0 Å². The number of hydrogen-bond acceptors (Lipinski definition) is 4. The van der Waals surface area contributed by atoms with Crippen molar-refractivity contribution in [2.24, 2.45) is 10.9 Å². The molecular weight excluding hydrogens is 366 g/mol. The van der Waals surface area contributed by atoms with Crippen LogP contribution in [0.15, 0.2) is 41.7 Å². The van der Waals surface area contributed by atoms with Crippen LogP contribution < -0.4 is 15.4 Å². The molecule has 2 atom stereocenters. The van der Waals surface area contributed by atoms with Crippen LogP contribution in [0.4, 0.5) is 0 Å². The second-order valence-electron chi connectivity index (χ2n) is 7.62. The third-order valence-electron chi connectivity index (χ3n) is 4.83. The minimum Gasteiger partial charge on any atom is -0.488 e.